The normalized spacial score (nSPS) is 13.5. The second-order valence-electron chi connectivity index (χ2n) is 8.81. The summed E-state index contributed by atoms with van der Waals surface area (Å²) in [4.78, 5) is 12.4. The molecule has 0 aliphatic heterocycles. The van der Waals surface area contributed by atoms with E-state index in [1.54, 1.807) is 13.8 Å². The Hall–Kier alpha value is -1.76. The molecule has 0 fully saturated rings. The Kier molecular flexibility index (Phi) is 10.1. The minimum absolute atomic E-state index is 0.0335. The fraction of sp³-hybridized carbons (Fsp3) is 0.480. The van der Waals surface area contributed by atoms with Gasteiger partial charge in [0.2, 0.25) is 0 Å². The van der Waals surface area contributed by atoms with Crippen LogP contribution in [-0.2, 0) is 27.6 Å². The van der Waals surface area contributed by atoms with E-state index in [4.69, 9.17) is 18.2 Å². The average Bonchev–Trinajstić information content (AvgIpc) is 2.77. The van der Waals surface area contributed by atoms with Gasteiger partial charge in [-0.2, -0.15) is 0 Å². The van der Waals surface area contributed by atoms with Crippen LogP contribution in [0, 0.1) is 0 Å². The zero-order valence-electron chi connectivity index (χ0n) is 20.6. The summed E-state index contributed by atoms with van der Waals surface area (Å²) in [5, 5.41) is 1.84. The first-order valence-corrected chi connectivity index (χ1v) is 15.0. The summed E-state index contributed by atoms with van der Waals surface area (Å²) in [6, 6.07) is 20.2. The molecule has 182 valence electrons. The van der Waals surface area contributed by atoms with Gasteiger partial charge in [0, 0.05) is 0 Å². The van der Waals surface area contributed by atoms with Crippen LogP contribution in [0.25, 0.3) is 0 Å². The van der Waals surface area contributed by atoms with Gasteiger partial charge in [-0.1, -0.05) is 81.4 Å². The topological polar surface area (TPSA) is 71.1 Å². The van der Waals surface area contributed by atoms with Crippen molar-refractivity contribution in [2.24, 2.45) is 0 Å². The maximum Gasteiger partial charge on any atom is 0.333 e. The molecule has 33 heavy (non-hydrogen) atoms. The number of ether oxygens (including phenoxy) is 1. The van der Waals surface area contributed by atoms with Gasteiger partial charge in [0.15, 0.2) is 0 Å². The number of carbonyl (C=O) groups is 1. The Morgan fingerprint density at radius 3 is 1.73 bits per heavy atom. The van der Waals surface area contributed by atoms with Gasteiger partial charge in [-0.15, -0.1) is 0 Å². The smallest absolute Gasteiger partial charge is 0.333 e. The van der Waals surface area contributed by atoms with E-state index in [9.17, 15) is 9.36 Å². The quantitative estimate of drug-likeness (QED) is 0.242. The number of methoxy groups -OCH3 is 1. The van der Waals surface area contributed by atoms with Gasteiger partial charge in [0.05, 0.1) is 39.0 Å². The van der Waals surface area contributed by atoms with Crippen molar-refractivity contribution in [3.05, 3.63) is 60.7 Å². The van der Waals surface area contributed by atoms with E-state index in [-0.39, 0.29) is 30.8 Å². The maximum absolute atomic E-state index is 13.4. The third-order valence-corrected chi connectivity index (χ3v) is 12.7. The predicted molar refractivity (Wildman–Crippen MR) is 135 cm³/mol. The molecule has 0 saturated carbocycles. The summed E-state index contributed by atoms with van der Waals surface area (Å²) in [6.07, 6.45) is -0.799. The van der Waals surface area contributed by atoms with Crippen LogP contribution >= 0.6 is 7.60 Å². The summed E-state index contributed by atoms with van der Waals surface area (Å²) in [5.41, 5.74) is 0. The van der Waals surface area contributed by atoms with Gasteiger partial charge in [-0.25, -0.2) is 0 Å². The van der Waals surface area contributed by atoms with Crippen molar-refractivity contribution >= 4 is 32.3 Å². The SMILES string of the molecule is CCOP(=O)(CC(CC(=O)OC)O[Si](c1ccccc1)(c1ccccc1)C(C)(C)C)OCC. The van der Waals surface area contributed by atoms with E-state index in [1.165, 1.54) is 7.11 Å². The molecule has 0 spiro atoms. The Bertz CT molecular complexity index is 864. The molecule has 6 nitrogen and oxygen atoms in total. The fourth-order valence-electron chi connectivity index (χ4n) is 4.14. The molecule has 0 N–H and O–H groups in total. The van der Waals surface area contributed by atoms with Gasteiger partial charge in [-0.05, 0) is 29.3 Å². The lowest BCUT2D eigenvalue weighted by Gasteiger charge is -2.45. The van der Waals surface area contributed by atoms with Crippen LogP contribution in [0.3, 0.4) is 0 Å². The summed E-state index contributed by atoms with van der Waals surface area (Å²) >= 11 is 0. The Balaban J connectivity index is 2.66. The molecule has 1 atom stereocenters. The highest BCUT2D eigenvalue weighted by molar-refractivity contribution is 7.53. The zero-order chi connectivity index (χ0) is 24.5. The highest BCUT2D eigenvalue weighted by atomic mass is 31.2. The minimum atomic E-state index is -3.47. The van der Waals surface area contributed by atoms with Crippen LogP contribution in [0.2, 0.25) is 5.04 Å². The molecule has 0 amide bonds. The number of benzene rings is 2. The number of esters is 1. The Labute approximate surface area is 199 Å². The molecular weight excluding hydrogens is 455 g/mol. The lowest BCUT2D eigenvalue weighted by atomic mass is 10.2. The van der Waals surface area contributed by atoms with Gasteiger partial charge >= 0.3 is 13.6 Å². The first-order chi connectivity index (χ1) is 15.6. The molecule has 0 aromatic heterocycles. The highest BCUT2D eigenvalue weighted by Crippen LogP contribution is 2.50. The van der Waals surface area contributed by atoms with Crippen LogP contribution < -0.4 is 10.4 Å². The van der Waals surface area contributed by atoms with Crippen LogP contribution in [-0.4, -0.2) is 46.9 Å². The van der Waals surface area contributed by atoms with Crippen molar-refractivity contribution < 1.29 is 27.6 Å². The number of hydrogen-bond donors (Lipinski definition) is 0. The molecule has 0 aliphatic rings. The van der Waals surface area contributed by atoms with Crippen LogP contribution in [0.5, 0.6) is 0 Å². The molecule has 8 heteroatoms. The molecule has 2 aromatic rings. The summed E-state index contributed by atoms with van der Waals surface area (Å²) < 4.78 is 36.5. The minimum Gasteiger partial charge on any atom is -0.469 e. The van der Waals surface area contributed by atoms with Crippen LogP contribution in [0.15, 0.2) is 60.7 Å². The number of rotatable bonds is 12. The molecule has 0 bridgehead atoms. The molecule has 1 unspecified atom stereocenters. The lowest BCUT2D eigenvalue weighted by Crippen LogP contribution is -2.68. The standard InChI is InChI=1S/C25H37O6PSi/c1-7-29-32(27,30-8-2)20-21(19-24(26)28-6)31-33(25(3,4)5,22-15-11-9-12-16-22)23-17-13-10-14-18-23/h9-18,21H,7-8,19-20H2,1-6H3. The first-order valence-electron chi connectivity index (χ1n) is 11.4. The molecular formula is C25H37O6PSi. The molecule has 2 aromatic carbocycles. The largest absolute Gasteiger partial charge is 0.469 e. The van der Waals surface area contributed by atoms with E-state index in [2.05, 4.69) is 45.0 Å². The van der Waals surface area contributed by atoms with E-state index < -0.39 is 28.0 Å². The van der Waals surface area contributed by atoms with Crippen molar-refractivity contribution in [1.82, 2.24) is 0 Å². The van der Waals surface area contributed by atoms with Crippen molar-refractivity contribution in [3.8, 4) is 0 Å². The van der Waals surface area contributed by atoms with Gasteiger partial charge in [0.25, 0.3) is 8.32 Å². The second-order valence-corrected chi connectivity index (χ2v) is 15.2. The molecule has 0 saturated heterocycles. The van der Waals surface area contributed by atoms with E-state index in [1.807, 2.05) is 36.4 Å². The van der Waals surface area contributed by atoms with Crippen LogP contribution in [0.4, 0.5) is 0 Å². The van der Waals surface area contributed by atoms with Crippen LogP contribution in [0.1, 0.15) is 41.0 Å². The van der Waals surface area contributed by atoms with E-state index in [0.29, 0.717) is 0 Å². The van der Waals surface area contributed by atoms with Crippen molar-refractivity contribution in [2.45, 2.75) is 52.2 Å². The van der Waals surface area contributed by atoms with E-state index in [0.717, 1.165) is 10.4 Å². The lowest BCUT2D eigenvalue weighted by molar-refractivity contribution is -0.142. The third-order valence-electron chi connectivity index (χ3n) is 5.46. The first kappa shape index (κ1) is 27.5. The highest BCUT2D eigenvalue weighted by Gasteiger charge is 2.52. The monoisotopic (exact) mass is 492 g/mol. The average molecular weight is 493 g/mol. The molecule has 0 heterocycles. The summed E-state index contributed by atoms with van der Waals surface area (Å²) in [5.74, 6) is -0.433. The molecule has 0 aliphatic carbocycles. The van der Waals surface area contributed by atoms with Crippen molar-refractivity contribution in [1.29, 1.82) is 0 Å². The molecule has 0 radical (unpaired) electrons. The Morgan fingerprint density at radius 1 is 0.909 bits per heavy atom. The van der Waals surface area contributed by atoms with Gasteiger partial charge in [0.1, 0.15) is 0 Å². The predicted octanol–water partition coefficient (Wildman–Crippen LogP) is 4.76. The van der Waals surface area contributed by atoms with Crippen molar-refractivity contribution in [3.63, 3.8) is 0 Å². The third kappa shape index (κ3) is 6.87. The maximum atomic E-state index is 13.4. The van der Waals surface area contributed by atoms with Crippen molar-refractivity contribution in [2.75, 3.05) is 26.5 Å². The Morgan fingerprint density at radius 2 is 1.36 bits per heavy atom. The van der Waals surface area contributed by atoms with Gasteiger partial charge in [-0.3, -0.25) is 9.36 Å². The van der Waals surface area contributed by atoms with Gasteiger partial charge < -0.3 is 18.2 Å². The summed E-state index contributed by atoms with van der Waals surface area (Å²) in [6.45, 7) is 10.5. The summed E-state index contributed by atoms with van der Waals surface area (Å²) in [7, 11) is -5.11. The van der Waals surface area contributed by atoms with E-state index >= 15 is 0 Å². The molecule has 2 rings (SSSR count). The fourth-order valence-corrected chi connectivity index (χ4v) is 10.7. The number of hydrogen-bond acceptors (Lipinski definition) is 6. The second kappa shape index (κ2) is 12.1. The zero-order valence-corrected chi connectivity index (χ0v) is 22.5. The number of carbonyl (C=O) groups excluding carboxylic acids is 1.